The molecule has 3 aliphatic heterocycles. The molecule has 0 atom stereocenters. The van der Waals surface area contributed by atoms with Gasteiger partial charge in [-0.2, -0.15) is 0 Å². The number of benzene rings is 7. The molecule has 4 heterocycles. The third kappa shape index (κ3) is 15.3. The van der Waals surface area contributed by atoms with E-state index in [4.69, 9.17) is 37.5 Å². The summed E-state index contributed by atoms with van der Waals surface area (Å²) < 4.78 is 72.3. The Morgan fingerprint density at radius 2 is 1.07 bits per heavy atom. The minimum absolute atomic E-state index is 0.0734. The monoisotopic (exact) mass is 1330 g/mol. The molecule has 0 bridgehead atoms. The molecular weight excluding hydrogens is 1270 g/mol. The minimum atomic E-state index is -3.11. The summed E-state index contributed by atoms with van der Waals surface area (Å²) in [6.45, 7) is 13.6. The van der Waals surface area contributed by atoms with E-state index in [-0.39, 0.29) is 124 Å². The summed E-state index contributed by atoms with van der Waals surface area (Å²) in [5.41, 5.74) is 5.60. The Morgan fingerprint density at radius 3 is 1.59 bits per heavy atom. The lowest BCUT2D eigenvalue weighted by Crippen LogP contribution is -2.27. The number of hydrogen-bond donors (Lipinski definition) is 4. The number of carbonyl (C=O) groups excluding carboxylic acids is 1. The highest BCUT2D eigenvalue weighted by Gasteiger charge is 2.33. The summed E-state index contributed by atoms with van der Waals surface area (Å²) in [5.74, 6) is 15.7. The lowest BCUT2D eigenvalue weighted by Gasteiger charge is -2.19. The number of phenols is 2. The normalized spacial score (nSPS) is 12.6. The fourth-order valence-corrected chi connectivity index (χ4v) is 11.8. The second-order valence-electron chi connectivity index (χ2n) is 24.1. The zero-order chi connectivity index (χ0) is 70.4. The van der Waals surface area contributed by atoms with Gasteiger partial charge in [0.1, 0.15) is 53.0 Å². The van der Waals surface area contributed by atoms with Gasteiger partial charge in [-0.25, -0.2) is 14.4 Å². The molecule has 6 aromatic rings. The number of aromatic nitrogens is 1. The van der Waals surface area contributed by atoms with Gasteiger partial charge < -0.3 is 57.4 Å². The van der Waals surface area contributed by atoms with Crippen LogP contribution in [0.5, 0.6) is 11.5 Å². The molecule has 18 nitrogen and oxygen atoms in total. The molecule has 21 heteroatoms. The van der Waals surface area contributed by atoms with Crippen molar-refractivity contribution in [3.8, 4) is 91.9 Å². The lowest BCUT2D eigenvalue weighted by atomic mass is 9.90. The number of carbonyl (C=O) groups is 3. The number of esters is 1. The quantitative estimate of drug-likeness (QED) is 0.0193. The molecule has 4 N–H and O–H groups in total. The van der Waals surface area contributed by atoms with E-state index in [1.54, 1.807) is 114 Å². The van der Waals surface area contributed by atoms with Gasteiger partial charge >= 0.3 is 25.3 Å². The summed E-state index contributed by atoms with van der Waals surface area (Å²) in [6.07, 6.45) is 0. The van der Waals surface area contributed by atoms with Crippen LogP contribution in [0.3, 0.4) is 0 Å². The van der Waals surface area contributed by atoms with Crippen LogP contribution in [-0.4, -0.2) is 114 Å². The summed E-state index contributed by atoms with van der Waals surface area (Å²) >= 11 is 0. The molecule has 0 fully saturated rings. The first-order valence-electron chi connectivity index (χ1n) is 31.2. The van der Waals surface area contributed by atoms with Crippen molar-refractivity contribution >= 4 is 58.5 Å². The number of carboxylic acids is 2. The predicted molar refractivity (Wildman–Crippen MR) is 371 cm³/mol. The van der Waals surface area contributed by atoms with Gasteiger partial charge in [0, 0.05) is 96.5 Å². The molecule has 0 saturated carbocycles. The van der Waals surface area contributed by atoms with Crippen LogP contribution >= 0.6 is 0 Å². The van der Waals surface area contributed by atoms with E-state index in [9.17, 15) is 44.4 Å². The largest absolute Gasteiger partial charge is 0.677 e. The summed E-state index contributed by atoms with van der Waals surface area (Å²) in [4.78, 5) is 68.2. The van der Waals surface area contributed by atoms with Crippen LogP contribution in [0.1, 0.15) is 100 Å². The third-order valence-corrected chi connectivity index (χ3v) is 16.1. The average Bonchev–Trinajstić information content (AvgIpc) is 1.46. The van der Waals surface area contributed by atoms with Crippen molar-refractivity contribution in [3.63, 3.8) is 0 Å². The van der Waals surface area contributed by atoms with Gasteiger partial charge in [-0.3, -0.25) is 23.2 Å². The maximum absolute atomic E-state index is 16.1. The van der Waals surface area contributed by atoms with Crippen LogP contribution in [0.4, 0.5) is 8.63 Å². The summed E-state index contributed by atoms with van der Waals surface area (Å²) in [5, 5.41) is 43.1. The fraction of sp³-hybridized carbons (Fsp3) is 0.205. The van der Waals surface area contributed by atoms with E-state index in [1.807, 2.05) is 0 Å². The van der Waals surface area contributed by atoms with Crippen molar-refractivity contribution in [1.29, 1.82) is 0 Å². The van der Waals surface area contributed by atoms with Crippen LogP contribution in [0.25, 0.3) is 72.4 Å². The van der Waals surface area contributed by atoms with Crippen molar-refractivity contribution in [2.45, 2.75) is 54.1 Å². The standard InChI is InChI=1S/C78H63BF2N2O16/c1-44-56(22-12-49-14-24-58(64(37-49)76(89)90)72-60-26-18-52(84)39-66(60)97-67-40-53(85)19-27-61(67)72)46(3)82-74(44)71(51-16-10-48(11-17-51)9-8-30-93-31-32-94-33-34-95-35-36-96-43-70(88)99-78(5,6)7)75-45(2)57(47(4)83(75)79(80)81)23-13-50-15-25-59(65(38-50)77(91)92)73-62-28-20-54(86)41-68(62)98-69-42-55(87)21-29-63(69)73/h10-11,14-21,24-29,37-42,84,86H,30-36,43H2,1-7H3,(H,89,90)(H,91,92)/b74-71-. The number of fused-ring (bicyclic) bond motifs is 4. The third-order valence-electron chi connectivity index (χ3n) is 16.1. The molecule has 99 heavy (non-hydrogen) atoms. The molecule has 0 spiro atoms. The number of halogens is 2. The van der Waals surface area contributed by atoms with E-state index >= 15 is 8.63 Å². The highest BCUT2D eigenvalue weighted by Crippen LogP contribution is 2.45. The van der Waals surface area contributed by atoms with Crippen molar-refractivity contribution < 1.29 is 76.0 Å². The Hall–Kier alpha value is -11.6. The van der Waals surface area contributed by atoms with Gasteiger partial charge in [0.15, 0.2) is 10.9 Å². The van der Waals surface area contributed by atoms with Crippen molar-refractivity contribution in [1.82, 2.24) is 4.48 Å². The minimum Gasteiger partial charge on any atom is -0.508 e. The summed E-state index contributed by atoms with van der Waals surface area (Å²) in [7, 11) is -3.11. The molecule has 0 radical (unpaired) electrons. The number of allylic oxidation sites excluding steroid dienone is 2. The number of rotatable bonds is 19. The number of hydrogen-bond acceptors (Lipinski definition) is 15. The number of aromatic carboxylic acids is 2. The Labute approximate surface area is 566 Å². The molecule has 0 saturated heterocycles. The smallest absolute Gasteiger partial charge is 0.508 e. The predicted octanol–water partition coefficient (Wildman–Crippen LogP) is 13.2. The number of aliphatic imine (C=N–C) groups is 1. The Morgan fingerprint density at radius 1 is 0.576 bits per heavy atom. The number of phenolic OH excluding ortho intramolecular Hbond substituents is 2. The molecule has 5 aromatic carbocycles. The van der Waals surface area contributed by atoms with Crippen LogP contribution in [0.15, 0.2) is 174 Å². The van der Waals surface area contributed by atoms with Gasteiger partial charge in [-0.05, 0) is 161 Å². The van der Waals surface area contributed by atoms with Crippen molar-refractivity contribution in [3.05, 3.63) is 227 Å². The van der Waals surface area contributed by atoms with E-state index in [2.05, 4.69) is 35.5 Å². The van der Waals surface area contributed by atoms with E-state index in [1.165, 1.54) is 67.6 Å². The van der Waals surface area contributed by atoms with E-state index < -0.39 is 30.9 Å². The van der Waals surface area contributed by atoms with E-state index in [0.29, 0.717) is 102 Å². The van der Waals surface area contributed by atoms with Crippen LogP contribution < -0.4 is 10.9 Å². The van der Waals surface area contributed by atoms with Crippen molar-refractivity contribution in [2.75, 3.05) is 52.9 Å². The molecule has 498 valence electrons. The van der Waals surface area contributed by atoms with Crippen LogP contribution in [0.2, 0.25) is 0 Å². The average molecular weight is 1330 g/mol. The van der Waals surface area contributed by atoms with Gasteiger partial charge in [0.25, 0.3) is 0 Å². The maximum atomic E-state index is 16.1. The lowest BCUT2D eigenvalue weighted by molar-refractivity contribution is -0.160. The van der Waals surface area contributed by atoms with E-state index in [0.717, 1.165) is 4.48 Å². The van der Waals surface area contributed by atoms with Gasteiger partial charge in [0.05, 0.1) is 67.8 Å². The highest BCUT2D eigenvalue weighted by molar-refractivity contribution is 6.42. The highest BCUT2D eigenvalue weighted by atomic mass is 19.2. The molecule has 1 aromatic heterocycles. The topological polar surface area (TPSA) is 256 Å². The number of ether oxygens (including phenoxy) is 5. The molecule has 2 aliphatic carbocycles. The molecular formula is C78H63BF2N2O16. The molecule has 5 aliphatic rings. The van der Waals surface area contributed by atoms with Gasteiger partial charge in [-0.15, -0.1) is 0 Å². The van der Waals surface area contributed by atoms with Crippen LogP contribution in [0, 0.1) is 49.4 Å². The second kappa shape index (κ2) is 29.4. The van der Waals surface area contributed by atoms with Gasteiger partial charge in [0.2, 0.25) is 0 Å². The first-order valence-corrected chi connectivity index (χ1v) is 31.2. The zero-order valence-corrected chi connectivity index (χ0v) is 54.8. The molecule has 11 rings (SSSR count). The number of aromatic hydroxyl groups is 2. The Balaban J connectivity index is 0.920. The maximum Gasteiger partial charge on any atom is 0.677 e. The van der Waals surface area contributed by atoms with Crippen molar-refractivity contribution in [2.24, 2.45) is 4.99 Å². The SMILES string of the molecule is CC1=N/C(=C(/c2ccc(C#CCOCCOCCOCCOCC(=O)OC(C)(C)C)cc2)c2c(C)c(C#Cc3ccc(-c4c5ccc(=O)cc-5oc5cc(O)ccc45)c(C(=O)O)c3)c(C)n2B(F)F)C(C)=C1C#Cc1ccc(-c2c3ccc(=O)cc-3oc3cc(O)ccc23)c(C(=O)O)c1. The second-order valence-corrected chi connectivity index (χ2v) is 24.1. The number of nitrogens with zero attached hydrogens (tertiary/aromatic N) is 2. The molecule has 0 unspecified atom stereocenters. The zero-order valence-electron chi connectivity index (χ0n) is 54.8. The fourth-order valence-electron chi connectivity index (χ4n) is 11.8. The Bertz CT molecular complexity index is 5270. The molecule has 0 amide bonds. The first kappa shape index (κ1) is 68.7. The van der Waals surface area contributed by atoms with Gasteiger partial charge in [-0.1, -0.05) is 59.8 Å². The first-order chi connectivity index (χ1) is 47.4. The van der Waals surface area contributed by atoms with Crippen LogP contribution in [-0.2, 0) is 28.5 Å². The Kier molecular flexibility index (Phi) is 20.4. The summed E-state index contributed by atoms with van der Waals surface area (Å²) in [6, 6.07) is 33.4. The number of carboxylic acid groups (broad SMARTS) is 2.